The number of likely N-dealkylation sites (N-methyl/N-ethyl adjacent to an activating group) is 1. The maximum Gasteiger partial charge on any atom is 0.0938 e. The first-order valence-corrected chi connectivity index (χ1v) is 7.98. The molecule has 0 aromatic carbocycles. The second-order valence-corrected chi connectivity index (χ2v) is 5.95. The molecule has 0 aliphatic heterocycles. The minimum Gasteiger partial charge on any atom is -0.368 e. The van der Waals surface area contributed by atoms with Gasteiger partial charge in [-0.25, -0.2) is 0 Å². The van der Waals surface area contributed by atoms with Gasteiger partial charge in [0.2, 0.25) is 0 Å². The normalized spacial score (nSPS) is 18.7. The summed E-state index contributed by atoms with van der Waals surface area (Å²) in [6.45, 7) is 8.33. The molecule has 19 heavy (non-hydrogen) atoms. The monoisotopic (exact) mass is 267 g/mol. The lowest BCUT2D eigenvalue weighted by Gasteiger charge is -2.29. The zero-order valence-corrected chi connectivity index (χ0v) is 13.2. The van der Waals surface area contributed by atoms with E-state index in [1.54, 1.807) is 0 Å². The maximum absolute atomic E-state index is 4.15. The molecule has 0 aromatic rings. The van der Waals surface area contributed by atoms with Gasteiger partial charge in [-0.1, -0.05) is 45.1 Å². The van der Waals surface area contributed by atoms with Crippen LogP contribution in [-0.2, 0) is 0 Å². The molecule has 1 aliphatic carbocycles. The van der Waals surface area contributed by atoms with Crippen LogP contribution in [0.4, 0.5) is 0 Å². The van der Waals surface area contributed by atoms with Gasteiger partial charge in [0.15, 0.2) is 0 Å². The van der Waals surface area contributed by atoms with E-state index in [0.29, 0.717) is 6.04 Å². The minimum atomic E-state index is 0.509. The van der Waals surface area contributed by atoms with Crippen LogP contribution in [0.5, 0.6) is 0 Å². The Bertz CT molecular complexity index is 244. The van der Waals surface area contributed by atoms with Crippen LogP contribution in [0, 0.1) is 5.92 Å². The fraction of sp³-hybridized carbons (Fsp3) is 0.875. The molecule has 0 saturated heterocycles. The molecule has 0 unspecified atom stereocenters. The predicted octanol–water partition coefficient (Wildman–Crippen LogP) is 2.95. The van der Waals surface area contributed by atoms with Gasteiger partial charge >= 0.3 is 0 Å². The van der Waals surface area contributed by atoms with Crippen molar-refractivity contribution >= 4 is 0 Å². The average Bonchev–Trinajstić information content (AvgIpc) is 2.66. The molecule has 1 fully saturated rings. The summed E-state index contributed by atoms with van der Waals surface area (Å²) in [5, 5.41) is 6.92. The minimum absolute atomic E-state index is 0.509. The van der Waals surface area contributed by atoms with Gasteiger partial charge in [0.1, 0.15) is 0 Å². The van der Waals surface area contributed by atoms with Crippen LogP contribution in [0.25, 0.3) is 0 Å². The highest BCUT2D eigenvalue weighted by Crippen LogP contribution is 2.26. The first-order valence-electron chi connectivity index (χ1n) is 7.98. The Hall–Kier alpha value is -0.700. The van der Waals surface area contributed by atoms with Crippen molar-refractivity contribution in [3.63, 3.8) is 0 Å². The molecular formula is C16H33N3. The summed E-state index contributed by atoms with van der Waals surface area (Å²) in [4.78, 5) is 2.18. The third-order valence-electron chi connectivity index (χ3n) is 4.35. The third-order valence-corrected chi connectivity index (χ3v) is 4.35. The van der Waals surface area contributed by atoms with Gasteiger partial charge in [-0.15, -0.1) is 0 Å². The van der Waals surface area contributed by atoms with E-state index in [0.717, 1.165) is 24.8 Å². The Morgan fingerprint density at radius 1 is 1.26 bits per heavy atom. The molecule has 3 heteroatoms. The summed E-state index contributed by atoms with van der Waals surface area (Å²) in [7, 11) is 4.13. The Kier molecular flexibility index (Phi) is 7.96. The van der Waals surface area contributed by atoms with Crippen molar-refractivity contribution in [2.75, 3.05) is 27.2 Å². The van der Waals surface area contributed by atoms with E-state index in [9.17, 15) is 0 Å². The summed E-state index contributed by atoms with van der Waals surface area (Å²) >= 11 is 0. The first kappa shape index (κ1) is 16.4. The Labute approximate surface area is 119 Å². The van der Waals surface area contributed by atoms with E-state index in [1.807, 2.05) is 7.05 Å². The van der Waals surface area contributed by atoms with Crippen LogP contribution in [0.1, 0.15) is 51.9 Å². The van der Waals surface area contributed by atoms with E-state index in [4.69, 9.17) is 0 Å². The fourth-order valence-corrected chi connectivity index (χ4v) is 2.98. The van der Waals surface area contributed by atoms with Gasteiger partial charge in [0.25, 0.3) is 0 Å². The highest BCUT2D eigenvalue weighted by Gasteiger charge is 2.18. The maximum atomic E-state index is 4.15. The smallest absolute Gasteiger partial charge is 0.0938 e. The molecule has 0 heterocycles. The summed E-state index contributed by atoms with van der Waals surface area (Å²) < 4.78 is 0. The van der Waals surface area contributed by atoms with Gasteiger partial charge < -0.3 is 15.5 Å². The van der Waals surface area contributed by atoms with Crippen LogP contribution >= 0.6 is 0 Å². The number of hydrogen-bond donors (Lipinski definition) is 2. The molecule has 0 radical (unpaired) electrons. The first-order chi connectivity index (χ1) is 9.17. The molecular weight excluding hydrogens is 234 g/mol. The van der Waals surface area contributed by atoms with Gasteiger partial charge in [-0.3, -0.25) is 0 Å². The van der Waals surface area contributed by atoms with Crippen LogP contribution in [0.2, 0.25) is 0 Å². The molecule has 2 N–H and O–H groups in total. The van der Waals surface area contributed by atoms with Gasteiger partial charge in [0, 0.05) is 26.2 Å². The quantitative estimate of drug-likeness (QED) is 0.662. The molecule has 0 spiro atoms. The van der Waals surface area contributed by atoms with Crippen molar-refractivity contribution in [3.05, 3.63) is 12.4 Å². The lowest BCUT2D eigenvalue weighted by atomic mass is 9.92. The van der Waals surface area contributed by atoms with Crippen molar-refractivity contribution in [3.8, 4) is 0 Å². The highest BCUT2D eigenvalue weighted by atomic mass is 15.2. The van der Waals surface area contributed by atoms with Crippen molar-refractivity contribution in [2.45, 2.75) is 57.9 Å². The van der Waals surface area contributed by atoms with E-state index in [2.05, 4.69) is 36.1 Å². The summed E-state index contributed by atoms with van der Waals surface area (Å²) in [6.07, 6.45) is 9.82. The SMILES string of the molecule is C=C(N[C@H](CNC)CC1CCCCCC1)N(C)CC. The van der Waals surface area contributed by atoms with E-state index >= 15 is 0 Å². The van der Waals surface area contributed by atoms with Crippen molar-refractivity contribution < 1.29 is 0 Å². The molecule has 1 rings (SSSR count). The second-order valence-electron chi connectivity index (χ2n) is 5.95. The number of hydrogen-bond acceptors (Lipinski definition) is 3. The zero-order chi connectivity index (χ0) is 14.1. The summed E-state index contributed by atoms with van der Waals surface area (Å²) in [6, 6.07) is 0.509. The van der Waals surface area contributed by atoms with E-state index in [1.165, 1.54) is 44.9 Å². The van der Waals surface area contributed by atoms with Crippen molar-refractivity contribution in [1.29, 1.82) is 0 Å². The summed E-state index contributed by atoms with van der Waals surface area (Å²) in [5.41, 5.74) is 0. The molecule has 0 aromatic heterocycles. The van der Waals surface area contributed by atoms with Crippen LogP contribution in [-0.4, -0.2) is 38.1 Å². The number of rotatable bonds is 8. The van der Waals surface area contributed by atoms with Crippen LogP contribution in [0.3, 0.4) is 0 Å². The topological polar surface area (TPSA) is 27.3 Å². The molecule has 0 bridgehead atoms. The Morgan fingerprint density at radius 3 is 2.42 bits per heavy atom. The molecule has 0 amide bonds. The van der Waals surface area contributed by atoms with Gasteiger partial charge in [-0.2, -0.15) is 0 Å². The standard InChI is InChI=1S/C16H33N3/c1-5-19(4)14(2)18-16(13-17-3)12-15-10-8-6-7-9-11-15/h15-18H,2,5-13H2,1,3-4H3/t16-/m0/s1. The van der Waals surface area contributed by atoms with Crippen LogP contribution in [0.15, 0.2) is 12.4 Å². The van der Waals surface area contributed by atoms with Gasteiger partial charge in [0.05, 0.1) is 5.82 Å². The average molecular weight is 267 g/mol. The molecule has 1 aliphatic rings. The molecule has 1 saturated carbocycles. The van der Waals surface area contributed by atoms with Crippen molar-refractivity contribution in [2.24, 2.45) is 5.92 Å². The lowest BCUT2D eigenvalue weighted by molar-refractivity contribution is 0.323. The van der Waals surface area contributed by atoms with E-state index in [-0.39, 0.29) is 0 Å². The fourth-order valence-electron chi connectivity index (χ4n) is 2.98. The second kappa shape index (κ2) is 9.24. The predicted molar refractivity (Wildman–Crippen MR) is 84.1 cm³/mol. The molecule has 112 valence electrons. The zero-order valence-electron chi connectivity index (χ0n) is 13.2. The molecule has 3 nitrogen and oxygen atoms in total. The third kappa shape index (κ3) is 6.33. The number of nitrogens with zero attached hydrogens (tertiary/aromatic N) is 1. The van der Waals surface area contributed by atoms with Crippen LogP contribution < -0.4 is 10.6 Å². The van der Waals surface area contributed by atoms with Gasteiger partial charge in [-0.05, 0) is 26.3 Å². The highest BCUT2D eigenvalue weighted by molar-refractivity contribution is 4.93. The van der Waals surface area contributed by atoms with E-state index < -0.39 is 0 Å². The largest absolute Gasteiger partial charge is 0.368 e. The van der Waals surface area contributed by atoms with Crippen molar-refractivity contribution in [1.82, 2.24) is 15.5 Å². The Morgan fingerprint density at radius 2 is 1.89 bits per heavy atom. The number of nitrogens with one attached hydrogen (secondary N) is 2. The lowest BCUT2D eigenvalue weighted by Crippen LogP contribution is -2.42. The Balaban J connectivity index is 2.44. The molecule has 1 atom stereocenters. The summed E-state index contributed by atoms with van der Waals surface area (Å²) in [5.74, 6) is 1.95.